The summed E-state index contributed by atoms with van der Waals surface area (Å²) in [5.74, 6) is -0.457. The zero-order valence-corrected chi connectivity index (χ0v) is 13.9. The van der Waals surface area contributed by atoms with Crippen LogP contribution in [0.5, 0.6) is 0 Å². The molecule has 8 heteroatoms. The summed E-state index contributed by atoms with van der Waals surface area (Å²) >= 11 is 0. The summed E-state index contributed by atoms with van der Waals surface area (Å²) < 4.78 is 31.3. The van der Waals surface area contributed by atoms with Gasteiger partial charge in [0.25, 0.3) is 5.91 Å². The van der Waals surface area contributed by atoms with Crippen LogP contribution in [0.1, 0.15) is 23.2 Å². The number of rotatable bonds is 7. The molecule has 0 saturated carbocycles. The van der Waals surface area contributed by atoms with Gasteiger partial charge in [-0.05, 0) is 25.0 Å². The molecule has 1 amide bonds. The number of methoxy groups -OCH3 is 1. The molecule has 1 atom stereocenters. The number of aliphatic hydroxyl groups excluding tert-OH is 1. The molecule has 0 radical (unpaired) electrons. The molecule has 7 nitrogen and oxygen atoms in total. The second-order valence-electron chi connectivity index (χ2n) is 5.44. The highest BCUT2D eigenvalue weighted by Crippen LogP contribution is 2.24. The summed E-state index contributed by atoms with van der Waals surface area (Å²) in [6, 6.07) is 6.29. The molecule has 1 fully saturated rings. The number of likely N-dealkylation sites (tertiary alicyclic amines) is 1. The SMILES string of the molecule is COCCS(=O)(=O)Nc1ccccc1C(=O)N1CCC[C@H]1CO. The number of amides is 1. The number of carbonyl (C=O) groups excluding carboxylic acids is 1. The van der Waals surface area contributed by atoms with E-state index in [1.54, 1.807) is 29.2 Å². The van der Waals surface area contributed by atoms with Crippen LogP contribution in [0.25, 0.3) is 0 Å². The molecule has 0 aliphatic carbocycles. The normalized spacial score (nSPS) is 18.2. The third-order valence-electron chi connectivity index (χ3n) is 3.83. The van der Waals surface area contributed by atoms with Crippen LogP contribution in [-0.4, -0.2) is 63.0 Å². The monoisotopic (exact) mass is 342 g/mol. The van der Waals surface area contributed by atoms with E-state index in [2.05, 4.69) is 4.72 Å². The number of anilines is 1. The van der Waals surface area contributed by atoms with Crippen LogP contribution < -0.4 is 4.72 Å². The minimum atomic E-state index is -3.59. The lowest BCUT2D eigenvalue weighted by atomic mass is 10.1. The lowest BCUT2D eigenvalue weighted by Gasteiger charge is -2.24. The molecule has 2 N–H and O–H groups in total. The zero-order chi connectivity index (χ0) is 16.9. The van der Waals surface area contributed by atoms with Crippen LogP contribution >= 0.6 is 0 Å². The Kier molecular flexibility index (Phi) is 5.97. The number of para-hydroxylation sites is 1. The molecule has 1 saturated heterocycles. The van der Waals surface area contributed by atoms with Gasteiger partial charge in [0.05, 0.1) is 36.3 Å². The van der Waals surface area contributed by atoms with Gasteiger partial charge >= 0.3 is 0 Å². The Morgan fingerprint density at radius 3 is 2.87 bits per heavy atom. The van der Waals surface area contributed by atoms with Gasteiger partial charge in [0.1, 0.15) is 0 Å². The Balaban J connectivity index is 2.22. The van der Waals surface area contributed by atoms with E-state index in [1.165, 1.54) is 7.11 Å². The molecule has 128 valence electrons. The van der Waals surface area contributed by atoms with Gasteiger partial charge in [0.2, 0.25) is 10.0 Å². The van der Waals surface area contributed by atoms with Crippen molar-refractivity contribution in [2.75, 3.05) is 37.3 Å². The largest absolute Gasteiger partial charge is 0.394 e. The fraction of sp³-hybridized carbons (Fsp3) is 0.533. The van der Waals surface area contributed by atoms with Crippen molar-refractivity contribution in [3.05, 3.63) is 29.8 Å². The first kappa shape index (κ1) is 17.7. The lowest BCUT2D eigenvalue weighted by molar-refractivity contribution is 0.0678. The summed E-state index contributed by atoms with van der Waals surface area (Å²) in [5, 5.41) is 9.37. The first-order chi connectivity index (χ1) is 11.0. The van der Waals surface area contributed by atoms with Crippen molar-refractivity contribution in [1.82, 2.24) is 4.90 Å². The Morgan fingerprint density at radius 2 is 2.17 bits per heavy atom. The molecule has 0 bridgehead atoms. The molecule has 0 unspecified atom stereocenters. The lowest BCUT2D eigenvalue weighted by Crippen LogP contribution is -2.38. The summed E-state index contributed by atoms with van der Waals surface area (Å²) in [7, 11) is -2.16. The summed E-state index contributed by atoms with van der Waals surface area (Å²) in [6.07, 6.45) is 1.59. The average Bonchev–Trinajstić information content (AvgIpc) is 3.01. The second kappa shape index (κ2) is 7.76. The van der Waals surface area contributed by atoms with E-state index < -0.39 is 10.0 Å². The molecule has 1 aromatic rings. The Hall–Kier alpha value is -1.64. The predicted octanol–water partition coefficient (Wildman–Crippen LogP) is 0.672. The van der Waals surface area contributed by atoms with Gasteiger partial charge < -0.3 is 14.7 Å². The number of ether oxygens (including phenoxy) is 1. The first-order valence-corrected chi connectivity index (χ1v) is 9.14. The Bertz CT molecular complexity index is 647. The molecule has 1 heterocycles. The summed E-state index contributed by atoms with van der Waals surface area (Å²) in [6.45, 7) is 0.548. The van der Waals surface area contributed by atoms with Gasteiger partial charge in [0, 0.05) is 13.7 Å². The van der Waals surface area contributed by atoms with Crippen LogP contribution in [0.3, 0.4) is 0 Å². The smallest absolute Gasteiger partial charge is 0.256 e. The minimum absolute atomic E-state index is 0.0736. The van der Waals surface area contributed by atoms with Crippen molar-refractivity contribution in [3.8, 4) is 0 Å². The predicted molar refractivity (Wildman–Crippen MR) is 86.9 cm³/mol. The molecular formula is C15H22N2O5S. The van der Waals surface area contributed by atoms with E-state index in [0.29, 0.717) is 6.54 Å². The molecule has 23 heavy (non-hydrogen) atoms. The van der Waals surface area contributed by atoms with Crippen molar-refractivity contribution in [1.29, 1.82) is 0 Å². The van der Waals surface area contributed by atoms with Crippen LogP contribution in [0.15, 0.2) is 24.3 Å². The number of sulfonamides is 1. The van der Waals surface area contributed by atoms with E-state index in [9.17, 15) is 18.3 Å². The van der Waals surface area contributed by atoms with Crippen LogP contribution in [0, 0.1) is 0 Å². The molecule has 1 aliphatic rings. The van der Waals surface area contributed by atoms with Gasteiger partial charge in [-0.3, -0.25) is 9.52 Å². The van der Waals surface area contributed by atoms with Gasteiger partial charge in [0.15, 0.2) is 0 Å². The summed E-state index contributed by atoms with van der Waals surface area (Å²) in [5.41, 5.74) is 0.533. The fourth-order valence-corrected chi connectivity index (χ4v) is 3.62. The third-order valence-corrected chi connectivity index (χ3v) is 5.06. The minimum Gasteiger partial charge on any atom is -0.394 e. The number of aliphatic hydroxyl groups is 1. The quantitative estimate of drug-likeness (QED) is 0.759. The number of hydrogen-bond donors (Lipinski definition) is 2. The van der Waals surface area contributed by atoms with Gasteiger partial charge in [-0.25, -0.2) is 8.42 Å². The van der Waals surface area contributed by atoms with Crippen molar-refractivity contribution in [3.63, 3.8) is 0 Å². The topological polar surface area (TPSA) is 95.9 Å². The molecule has 0 aromatic heterocycles. The van der Waals surface area contributed by atoms with Gasteiger partial charge in [-0.15, -0.1) is 0 Å². The zero-order valence-electron chi connectivity index (χ0n) is 13.1. The molecule has 1 aliphatic heterocycles. The van der Waals surface area contributed by atoms with E-state index in [1.807, 2.05) is 0 Å². The highest BCUT2D eigenvalue weighted by atomic mass is 32.2. The van der Waals surface area contributed by atoms with E-state index in [-0.39, 0.29) is 42.2 Å². The third kappa shape index (κ3) is 4.43. The van der Waals surface area contributed by atoms with Crippen LogP contribution in [0.4, 0.5) is 5.69 Å². The van der Waals surface area contributed by atoms with E-state index in [0.717, 1.165) is 12.8 Å². The maximum Gasteiger partial charge on any atom is 0.256 e. The maximum absolute atomic E-state index is 12.7. The first-order valence-electron chi connectivity index (χ1n) is 7.49. The second-order valence-corrected chi connectivity index (χ2v) is 7.28. The number of nitrogens with one attached hydrogen (secondary N) is 1. The van der Waals surface area contributed by atoms with Gasteiger partial charge in [-0.1, -0.05) is 12.1 Å². The summed E-state index contributed by atoms with van der Waals surface area (Å²) in [4.78, 5) is 14.3. The Labute approximate surface area is 136 Å². The standard InChI is InChI=1S/C15H22N2O5S/c1-22-9-10-23(20,21)16-14-7-3-2-6-13(14)15(19)17-8-4-5-12(17)11-18/h2-3,6-7,12,16,18H,4-5,8-11H2,1H3/t12-/m0/s1. The maximum atomic E-state index is 12.7. The number of hydrogen-bond acceptors (Lipinski definition) is 5. The molecular weight excluding hydrogens is 320 g/mol. The van der Waals surface area contributed by atoms with Crippen molar-refractivity contribution >= 4 is 21.6 Å². The highest BCUT2D eigenvalue weighted by molar-refractivity contribution is 7.92. The Morgan fingerprint density at radius 1 is 1.43 bits per heavy atom. The van der Waals surface area contributed by atoms with E-state index in [4.69, 9.17) is 4.74 Å². The van der Waals surface area contributed by atoms with Gasteiger partial charge in [-0.2, -0.15) is 0 Å². The average molecular weight is 342 g/mol. The molecule has 2 rings (SSSR count). The van der Waals surface area contributed by atoms with Crippen LogP contribution in [0.2, 0.25) is 0 Å². The van der Waals surface area contributed by atoms with Crippen molar-refractivity contribution < 1.29 is 23.1 Å². The van der Waals surface area contributed by atoms with Crippen molar-refractivity contribution in [2.24, 2.45) is 0 Å². The number of nitrogens with zero attached hydrogens (tertiary/aromatic N) is 1. The number of carbonyl (C=O) groups is 1. The van der Waals surface area contributed by atoms with E-state index >= 15 is 0 Å². The number of benzene rings is 1. The van der Waals surface area contributed by atoms with Crippen LogP contribution in [-0.2, 0) is 14.8 Å². The molecule has 0 spiro atoms. The highest BCUT2D eigenvalue weighted by Gasteiger charge is 2.30. The fourth-order valence-electron chi connectivity index (χ4n) is 2.62. The van der Waals surface area contributed by atoms with Crippen molar-refractivity contribution in [2.45, 2.75) is 18.9 Å². The molecule has 1 aromatic carbocycles.